The lowest BCUT2D eigenvalue weighted by Gasteiger charge is -2.35. The molecule has 0 saturated carbocycles. The molecule has 0 aromatic carbocycles. The fourth-order valence-electron chi connectivity index (χ4n) is 3.72. The summed E-state index contributed by atoms with van der Waals surface area (Å²) in [6, 6.07) is 0. The van der Waals surface area contributed by atoms with E-state index in [2.05, 4.69) is 77.0 Å². The maximum absolute atomic E-state index is 2.67. The second-order valence-electron chi connectivity index (χ2n) is 7.98. The zero-order valence-electron chi connectivity index (χ0n) is 18.3. The molecular formula is C23H39IN2S2. The maximum atomic E-state index is 2.67. The van der Waals surface area contributed by atoms with Crippen LogP contribution in [0.25, 0.3) is 0 Å². The fraction of sp³-hybridized carbons (Fsp3) is 0.739. The molecule has 2 rings (SSSR count). The van der Waals surface area contributed by atoms with Crippen molar-refractivity contribution < 1.29 is 0 Å². The molecule has 0 radical (unpaired) electrons. The van der Waals surface area contributed by atoms with Crippen LogP contribution in [0.1, 0.15) is 91.9 Å². The molecule has 2 aliphatic heterocycles. The molecule has 0 spiro atoms. The van der Waals surface area contributed by atoms with E-state index in [9.17, 15) is 0 Å². The number of hydrogen-bond donors (Lipinski definition) is 0. The standard InChI is InChI=1S/C23H39IN2S2/c1-5-7-9-11-13-15-25-20(3)18-27-22(25)17-23(24)26(21(4)19-28-23)16-14-12-10-8-6-2/h17-19H,5-16H2,1-4H3. The van der Waals surface area contributed by atoms with Gasteiger partial charge in [0.1, 0.15) is 0 Å². The fourth-order valence-corrected chi connectivity index (χ4v) is 7.33. The normalized spacial score (nSPS) is 23.7. The highest BCUT2D eigenvalue weighted by Gasteiger charge is 2.38. The minimum absolute atomic E-state index is 0.0217. The third kappa shape index (κ3) is 7.19. The first kappa shape index (κ1) is 24.5. The van der Waals surface area contributed by atoms with E-state index in [-0.39, 0.29) is 2.88 Å². The number of unbranched alkanes of at least 4 members (excludes halogenated alkanes) is 8. The highest BCUT2D eigenvalue weighted by atomic mass is 127. The zero-order chi connectivity index (χ0) is 20.4. The van der Waals surface area contributed by atoms with E-state index in [1.807, 2.05) is 23.5 Å². The predicted octanol–water partition coefficient (Wildman–Crippen LogP) is 8.68. The second kappa shape index (κ2) is 12.8. The topological polar surface area (TPSA) is 6.48 Å². The van der Waals surface area contributed by atoms with Crippen molar-refractivity contribution in [1.29, 1.82) is 0 Å². The molecule has 2 aliphatic rings. The summed E-state index contributed by atoms with van der Waals surface area (Å²) in [6.07, 6.45) is 15.9. The molecule has 28 heavy (non-hydrogen) atoms. The van der Waals surface area contributed by atoms with Crippen LogP contribution < -0.4 is 0 Å². The summed E-state index contributed by atoms with van der Waals surface area (Å²) in [6.45, 7) is 11.4. The van der Waals surface area contributed by atoms with Gasteiger partial charge >= 0.3 is 0 Å². The molecule has 0 saturated heterocycles. The van der Waals surface area contributed by atoms with Gasteiger partial charge in [0.15, 0.2) is 2.88 Å². The Morgan fingerprint density at radius 2 is 1.46 bits per heavy atom. The van der Waals surface area contributed by atoms with Gasteiger partial charge in [-0.3, -0.25) is 0 Å². The lowest BCUT2D eigenvalue weighted by Crippen LogP contribution is -2.36. The molecule has 1 atom stereocenters. The number of allylic oxidation sites excluding steroid dienone is 2. The molecule has 1 unspecified atom stereocenters. The Morgan fingerprint density at radius 3 is 2.11 bits per heavy atom. The predicted molar refractivity (Wildman–Crippen MR) is 138 cm³/mol. The van der Waals surface area contributed by atoms with E-state index in [0.29, 0.717) is 0 Å². The number of alkyl halides is 1. The average Bonchev–Trinajstić information content (AvgIpc) is 3.15. The van der Waals surface area contributed by atoms with E-state index in [1.165, 1.54) is 87.2 Å². The van der Waals surface area contributed by atoms with Crippen molar-refractivity contribution in [3.05, 3.63) is 33.3 Å². The van der Waals surface area contributed by atoms with Gasteiger partial charge in [-0.15, -0.1) is 0 Å². The minimum atomic E-state index is 0.0217. The molecule has 0 aliphatic carbocycles. The van der Waals surface area contributed by atoms with Crippen LogP contribution in [0.4, 0.5) is 0 Å². The summed E-state index contributed by atoms with van der Waals surface area (Å²) in [5.74, 6) is 0. The van der Waals surface area contributed by atoms with Gasteiger partial charge in [-0.05, 0) is 66.2 Å². The highest BCUT2D eigenvalue weighted by Crippen LogP contribution is 2.50. The monoisotopic (exact) mass is 534 g/mol. The Hall–Kier alpha value is 0.250. The first-order valence-corrected chi connectivity index (χ1v) is 14.0. The van der Waals surface area contributed by atoms with Crippen molar-refractivity contribution in [2.75, 3.05) is 13.1 Å². The van der Waals surface area contributed by atoms with Crippen LogP contribution >= 0.6 is 46.1 Å². The number of hydrogen-bond acceptors (Lipinski definition) is 4. The van der Waals surface area contributed by atoms with Gasteiger partial charge < -0.3 is 9.80 Å². The lowest BCUT2D eigenvalue weighted by molar-refractivity contribution is 0.339. The van der Waals surface area contributed by atoms with Crippen LogP contribution in [0.2, 0.25) is 0 Å². The lowest BCUT2D eigenvalue weighted by atomic mass is 10.1. The Labute approximate surface area is 196 Å². The van der Waals surface area contributed by atoms with Crippen molar-refractivity contribution in [2.24, 2.45) is 0 Å². The zero-order valence-corrected chi connectivity index (χ0v) is 22.1. The molecule has 0 aromatic rings. The van der Waals surface area contributed by atoms with Gasteiger partial charge in [-0.1, -0.05) is 88.7 Å². The molecule has 2 heterocycles. The third-order valence-corrected chi connectivity index (χ3v) is 9.33. The summed E-state index contributed by atoms with van der Waals surface area (Å²) in [4.78, 5) is 5.16. The van der Waals surface area contributed by atoms with Gasteiger partial charge in [-0.2, -0.15) is 0 Å². The van der Waals surface area contributed by atoms with Crippen molar-refractivity contribution in [1.82, 2.24) is 9.80 Å². The molecule has 160 valence electrons. The van der Waals surface area contributed by atoms with Crippen LogP contribution in [0.3, 0.4) is 0 Å². The summed E-state index contributed by atoms with van der Waals surface area (Å²) in [5, 5.41) is 6.10. The van der Waals surface area contributed by atoms with Crippen LogP contribution in [-0.2, 0) is 0 Å². The summed E-state index contributed by atoms with van der Waals surface area (Å²) in [5.41, 5.74) is 2.83. The minimum Gasteiger partial charge on any atom is -0.348 e. The summed E-state index contributed by atoms with van der Waals surface area (Å²) in [7, 11) is 0. The highest BCUT2D eigenvalue weighted by molar-refractivity contribution is 14.1. The smallest absolute Gasteiger partial charge is 0.164 e. The van der Waals surface area contributed by atoms with Crippen molar-refractivity contribution in [3.8, 4) is 0 Å². The van der Waals surface area contributed by atoms with Crippen molar-refractivity contribution in [3.63, 3.8) is 0 Å². The Balaban J connectivity index is 1.95. The van der Waals surface area contributed by atoms with Crippen LogP contribution in [0.15, 0.2) is 33.3 Å². The molecular weight excluding hydrogens is 495 g/mol. The SMILES string of the molecule is CCCCCCCN1C(C)=CSC1=CC1(I)SC=C(C)N1CCCCCCC. The molecule has 0 amide bonds. The van der Waals surface area contributed by atoms with E-state index >= 15 is 0 Å². The molecule has 0 N–H and O–H groups in total. The quantitative estimate of drug-likeness (QED) is 0.101. The first-order valence-electron chi connectivity index (χ1n) is 11.2. The first-order chi connectivity index (χ1) is 13.5. The number of rotatable bonds is 13. The van der Waals surface area contributed by atoms with Gasteiger partial charge in [0.05, 0.1) is 5.03 Å². The molecule has 0 bridgehead atoms. The van der Waals surface area contributed by atoms with Crippen LogP contribution in [0, 0.1) is 0 Å². The average molecular weight is 535 g/mol. The van der Waals surface area contributed by atoms with Gasteiger partial charge in [0, 0.05) is 24.5 Å². The van der Waals surface area contributed by atoms with E-state index in [0.717, 1.165) is 6.54 Å². The van der Waals surface area contributed by atoms with E-state index in [1.54, 1.807) is 0 Å². The summed E-state index contributed by atoms with van der Waals surface area (Å²) >= 11 is 6.54. The maximum Gasteiger partial charge on any atom is 0.164 e. The molecule has 5 heteroatoms. The van der Waals surface area contributed by atoms with Gasteiger partial charge in [0.25, 0.3) is 0 Å². The van der Waals surface area contributed by atoms with E-state index < -0.39 is 0 Å². The number of thioether (sulfide) groups is 2. The largest absolute Gasteiger partial charge is 0.348 e. The van der Waals surface area contributed by atoms with Gasteiger partial charge in [0.2, 0.25) is 0 Å². The Kier molecular flexibility index (Phi) is 11.2. The molecule has 0 fully saturated rings. The Morgan fingerprint density at radius 1 is 0.857 bits per heavy atom. The van der Waals surface area contributed by atoms with Gasteiger partial charge in [-0.25, -0.2) is 0 Å². The number of nitrogens with zero attached hydrogens (tertiary/aromatic N) is 2. The van der Waals surface area contributed by atoms with Crippen LogP contribution in [-0.4, -0.2) is 25.8 Å². The van der Waals surface area contributed by atoms with Crippen molar-refractivity contribution in [2.45, 2.75) is 94.8 Å². The second-order valence-corrected chi connectivity index (χ2v) is 12.3. The summed E-state index contributed by atoms with van der Waals surface area (Å²) < 4.78 is 0.0217. The third-order valence-electron chi connectivity index (χ3n) is 5.50. The molecule has 0 aromatic heterocycles. The van der Waals surface area contributed by atoms with Crippen LogP contribution in [0.5, 0.6) is 0 Å². The van der Waals surface area contributed by atoms with Crippen molar-refractivity contribution >= 4 is 46.1 Å². The Bertz CT molecular complexity index is 573. The molecule has 2 nitrogen and oxygen atoms in total. The number of halogens is 1. The van der Waals surface area contributed by atoms with E-state index in [4.69, 9.17) is 0 Å².